The van der Waals surface area contributed by atoms with Crippen molar-refractivity contribution in [3.8, 4) is 11.3 Å². The number of aryl methyl sites for hydroxylation is 1. The molecule has 3 aromatic rings. The van der Waals surface area contributed by atoms with Crippen molar-refractivity contribution in [2.75, 3.05) is 18.9 Å². The second-order valence-corrected chi connectivity index (χ2v) is 7.30. The number of benzene rings is 1. The number of nitrogen functional groups attached to an aromatic ring is 1. The number of halogens is 3. The lowest BCUT2D eigenvalue weighted by Gasteiger charge is -2.29. The van der Waals surface area contributed by atoms with E-state index < -0.39 is 11.9 Å². The molecule has 0 bridgehead atoms. The zero-order valence-corrected chi connectivity index (χ0v) is 16.0. The van der Waals surface area contributed by atoms with Gasteiger partial charge in [-0.1, -0.05) is 0 Å². The fourth-order valence-electron chi connectivity index (χ4n) is 4.18. The Hall–Kier alpha value is -2.98. The molecule has 0 aliphatic heterocycles. The van der Waals surface area contributed by atoms with Gasteiger partial charge in [0.15, 0.2) is 0 Å². The Morgan fingerprint density at radius 1 is 1.33 bits per heavy atom. The van der Waals surface area contributed by atoms with E-state index in [2.05, 4.69) is 20.5 Å². The molecule has 6 N–H and O–H groups in total. The van der Waals surface area contributed by atoms with E-state index in [9.17, 15) is 13.2 Å². The number of hydrogen-bond donors (Lipinski definition) is 5. The molecular weight excluding hydrogens is 397 g/mol. The molecule has 1 aliphatic rings. The number of aromatic nitrogens is 3. The molecule has 0 saturated heterocycles. The number of alkyl halides is 3. The Labute approximate surface area is 170 Å². The molecule has 4 rings (SSSR count). The van der Waals surface area contributed by atoms with E-state index >= 15 is 0 Å². The van der Waals surface area contributed by atoms with E-state index in [1.165, 1.54) is 0 Å². The summed E-state index contributed by atoms with van der Waals surface area (Å²) < 4.78 is 40.6. The first-order valence-corrected chi connectivity index (χ1v) is 9.54. The molecule has 0 spiro atoms. The Morgan fingerprint density at radius 2 is 2.13 bits per heavy atom. The zero-order chi connectivity index (χ0) is 21.5. The van der Waals surface area contributed by atoms with Gasteiger partial charge in [0.25, 0.3) is 0 Å². The van der Waals surface area contributed by atoms with E-state index in [1.54, 1.807) is 12.1 Å². The highest BCUT2D eigenvalue weighted by Crippen LogP contribution is 2.41. The summed E-state index contributed by atoms with van der Waals surface area (Å²) in [6, 6.07) is 3.28. The number of nitrogens with zero attached hydrogens (tertiary/aromatic N) is 2. The van der Waals surface area contributed by atoms with Gasteiger partial charge < -0.3 is 21.6 Å². The van der Waals surface area contributed by atoms with Crippen LogP contribution in [0.4, 0.5) is 18.9 Å². The van der Waals surface area contributed by atoms with Gasteiger partial charge in [-0.05, 0) is 42.5 Å². The molecule has 7 nitrogen and oxygen atoms in total. The Morgan fingerprint density at radius 3 is 2.83 bits per heavy atom. The van der Waals surface area contributed by atoms with Crippen LogP contribution in [-0.4, -0.2) is 45.7 Å². The van der Waals surface area contributed by atoms with Crippen molar-refractivity contribution >= 4 is 22.8 Å². The van der Waals surface area contributed by atoms with E-state index in [1.807, 2.05) is 0 Å². The minimum absolute atomic E-state index is 0.00613. The van der Waals surface area contributed by atoms with Crippen molar-refractivity contribution in [3.63, 3.8) is 0 Å². The molecule has 2 aromatic heterocycles. The first-order chi connectivity index (χ1) is 14.3. The molecule has 10 heteroatoms. The average Bonchev–Trinajstić information content (AvgIpc) is 3.22. The number of anilines is 1. The predicted octanol–water partition coefficient (Wildman–Crippen LogP) is 2.66. The number of rotatable bonds is 5. The topological polar surface area (TPSA) is 124 Å². The van der Waals surface area contributed by atoms with Crippen LogP contribution in [0.25, 0.3) is 22.2 Å². The first kappa shape index (κ1) is 20.3. The third-order valence-electron chi connectivity index (χ3n) is 5.50. The van der Waals surface area contributed by atoms with Gasteiger partial charge in [0.05, 0.1) is 29.6 Å². The number of fused-ring (bicyclic) bond motifs is 3. The molecule has 158 valence electrons. The lowest BCUT2D eigenvalue weighted by atomic mass is 9.82. The zero-order valence-electron chi connectivity index (χ0n) is 16.0. The number of pyridine rings is 1. The van der Waals surface area contributed by atoms with Gasteiger partial charge in [0.1, 0.15) is 5.69 Å². The number of aliphatic hydroxyl groups excluding tert-OH is 1. The van der Waals surface area contributed by atoms with Crippen LogP contribution >= 0.6 is 0 Å². The summed E-state index contributed by atoms with van der Waals surface area (Å²) >= 11 is 0. The third-order valence-corrected chi connectivity index (χ3v) is 5.50. The molecule has 0 fully saturated rings. The highest BCUT2D eigenvalue weighted by atomic mass is 19.4. The van der Waals surface area contributed by atoms with Crippen LogP contribution in [0.3, 0.4) is 0 Å². The van der Waals surface area contributed by atoms with Gasteiger partial charge in [0.2, 0.25) is 0 Å². The predicted molar refractivity (Wildman–Crippen MR) is 108 cm³/mol. The summed E-state index contributed by atoms with van der Waals surface area (Å²) in [7, 11) is 0. The van der Waals surface area contributed by atoms with Gasteiger partial charge in [-0.2, -0.15) is 18.3 Å². The Balaban J connectivity index is 1.99. The van der Waals surface area contributed by atoms with Crippen LogP contribution < -0.4 is 11.1 Å². The number of nitrogens with two attached hydrogens (primary N) is 1. The summed E-state index contributed by atoms with van der Waals surface area (Å²) in [5.74, 6) is 0. The second kappa shape index (κ2) is 7.69. The molecule has 0 amide bonds. The fraction of sp³-hybridized carbons (Fsp3) is 0.350. The Kier molecular flexibility index (Phi) is 5.20. The second-order valence-electron chi connectivity index (χ2n) is 7.30. The maximum Gasteiger partial charge on any atom is 0.433 e. The maximum atomic E-state index is 13.5. The number of aliphatic hydroxyl groups is 1. The fourth-order valence-corrected chi connectivity index (χ4v) is 4.18. The normalized spacial score (nSPS) is 16.6. The van der Waals surface area contributed by atoms with Crippen molar-refractivity contribution in [1.82, 2.24) is 20.5 Å². The van der Waals surface area contributed by atoms with Gasteiger partial charge in [-0.25, -0.2) is 4.98 Å². The molecule has 1 atom stereocenters. The number of aromatic amines is 1. The van der Waals surface area contributed by atoms with E-state index in [-0.39, 0.29) is 23.9 Å². The Bertz CT molecular complexity index is 1110. The van der Waals surface area contributed by atoms with E-state index in [0.717, 1.165) is 24.4 Å². The highest BCUT2D eigenvalue weighted by Gasteiger charge is 2.38. The lowest BCUT2D eigenvalue weighted by molar-refractivity contribution is -0.140. The summed E-state index contributed by atoms with van der Waals surface area (Å²) in [5.41, 5.74) is 8.23. The SMILES string of the molecule is N=Cc1c(N)ccc2nc(-c3cn[nH]c3C(F)(F)F)c3c(c12)CCC(NCCO)C3. The molecule has 30 heavy (non-hydrogen) atoms. The molecule has 1 aliphatic carbocycles. The van der Waals surface area contributed by atoms with Crippen LogP contribution in [-0.2, 0) is 19.0 Å². The van der Waals surface area contributed by atoms with Crippen LogP contribution in [0, 0.1) is 5.41 Å². The summed E-state index contributed by atoms with van der Waals surface area (Å²) in [5, 5.41) is 26.5. The van der Waals surface area contributed by atoms with Crippen LogP contribution in [0.2, 0.25) is 0 Å². The van der Waals surface area contributed by atoms with Crippen molar-refractivity contribution in [2.24, 2.45) is 0 Å². The molecular formula is C20H21F3N6O. The number of H-pyrrole nitrogens is 1. The quantitative estimate of drug-likeness (QED) is 0.322. The maximum absolute atomic E-state index is 13.5. The van der Waals surface area contributed by atoms with E-state index in [0.29, 0.717) is 47.1 Å². The summed E-state index contributed by atoms with van der Waals surface area (Å²) in [6.45, 7) is 0.370. The largest absolute Gasteiger partial charge is 0.433 e. The van der Waals surface area contributed by atoms with Crippen molar-refractivity contribution in [3.05, 3.63) is 40.7 Å². The third kappa shape index (κ3) is 3.41. The van der Waals surface area contributed by atoms with Gasteiger partial charge >= 0.3 is 6.18 Å². The molecule has 1 aromatic carbocycles. The number of hydrogen-bond acceptors (Lipinski definition) is 6. The highest BCUT2D eigenvalue weighted by molar-refractivity contribution is 6.05. The molecule has 1 unspecified atom stereocenters. The number of nitrogens with one attached hydrogen (secondary N) is 3. The lowest BCUT2D eigenvalue weighted by Crippen LogP contribution is -2.36. The van der Waals surface area contributed by atoms with Crippen molar-refractivity contribution in [1.29, 1.82) is 5.41 Å². The van der Waals surface area contributed by atoms with Gasteiger partial charge in [-0.15, -0.1) is 0 Å². The van der Waals surface area contributed by atoms with E-state index in [4.69, 9.17) is 16.2 Å². The van der Waals surface area contributed by atoms with Gasteiger partial charge in [0, 0.05) is 35.4 Å². The average molecular weight is 418 g/mol. The monoisotopic (exact) mass is 418 g/mol. The molecule has 0 radical (unpaired) electrons. The van der Waals surface area contributed by atoms with Crippen LogP contribution in [0.5, 0.6) is 0 Å². The standard InChI is InChI=1S/C20H21F3N6O/c21-20(22,23)19-14(9-27-29-19)18-12-7-10(26-5-6-30)1-2-11(12)17-13(8-24)15(25)3-4-16(17)28-18/h3-4,8-10,24,26,30H,1-2,5-7,25H2,(H,27,29). The smallest absolute Gasteiger partial charge is 0.398 e. The van der Waals surface area contributed by atoms with Gasteiger partial charge in [-0.3, -0.25) is 5.10 Å². The molecule has 0 saturated carbocycles. The minimum atomic E-state index is -4.60. The minimum Gasteiger partial charge on any atom is -0.398 e. The van der Waals surface area contributed by atoms with Crippen LogP contribution in [0.1, 0.15) is 28.8 Å². The summed E-state index contributed by atoms with van der Waals surface area (Å²) in [4.78, 5) is 4.57. The first-order valence-electron chi connectivity index (χ1n) is 9.54. The van der Waals surface area contributed by atoms with Crippen LogP contribution in [0.15, 0.2) is 18.3 Å². The van der Waals surface area contributed by atoms with Crippen molar-refractivity contribution in [2.45, 2.75) is 31.5 Å². The molecule has 2 heterocycles. The summed E-state index contributed by atoms with van der Waals surface area (Å²) in [6.07, 6.45) is -0.503. The van der Waals surface area contributed by atoms with Crippen molar-refractivity contribution < 1.29 is 18.3 Å².